The van der Waals surface area contributed by atoms with Crippen molar-refractivity contribution in [3.63, 3.8) is 0 Å². The molecule has 88 valence electrons. The van der Waals surface area contributed by atoms with E-state index in [1.807, 2.05) is 0 Å². The molecule has 1 aliphatic rings. The molecule has 16 heavy (non-hydrogen) atoms. The molecule has 1 aliphatic heterocycles. The van der Waals surface area contributed by atoms with Gasteiger partial charge in [0.15, 0.2) is 0 Å². The minimum absolute atomic E-state index is 0.568. The number of benzene rings is 1. The van der Waals surface area contributed by atoms with Crippen molar-refractivity contribution in [1.82, 2.24) is 5.32 Å². The van der Waals surface area contributed by atoms with Gasteiger partial charge >= 0.3 is 0 Å². The van der Waals surface area contributed by atoms with Crippen molar-refractivity contribution in [2.75, 3.05) is 11.5 Å². The SMILES string of the molecule is CC(Cc1cccc(Br)c1)NC1CCSC1. The molecule has 3 heteroatoms. The standard InChI is InChI=1S/C13H18BrNS/c1-10(15-13-5-6-16-9-13)7-11-3-2-4-12(14)8-11/h2-4,8,10,13,15H,5-7,9H2,1H3. The van der Waals surface area contributed by atoms with E-state index in [0.717, 1.165) is 12.5 Å². The fraction of sp³-hybridized carbons (Fsp3) is 0.538. The van der Waals surface area contributed by atoms with Crippen molar-refractivity contribution < 1.29 is 0 Å². The minimum atomic E-state index is 0.568. The van der Waals surface area contributed by atoms with Crippen LogP contribution in [0.25, 0.3) is 0 Å². The zero-order chi connectivity index (χ0) is 11.4. The van der Waals surface area contributed by atoms with Crippen LogP contribution in [0.5, 0.6) is 0 Å². The van der Waals surface area contributed by atoms with Crippen LogP contribution >= 0.6 is 27.7 Å². The fourth-order valence-corrected chi connectivity index (χ4v) is 3.76. The maximum absolute atomic E-state index is 3.71. The molecular weight excluding hydrogens is 282 g/mol. The number of halogens is 1. The number of thioether (sulfide) groups is 1. The zero-order valence-corrected chi connectivity index (χ0v) is 12.0. The van der Waals surface area contributed by atoms with Crippen LogP contribution in [0.1, 0.15) is 18.9 Å². The highest BCUT2D eigenvalue weighted by atomic mass is 79.9. The van der Waals surface area contributed by atoms with Gasteiger partial charge in [-0.3, -0.25) is 0 Å². The normalized spacial score (nSPS) is 22.2. The van der Waals surface area contributed by atoms with E-state index in [-0.39, 0.29) is 0 Å². The van der Waals surface area contributed by atoms with Crippen LogP contribution in [0.3, 0.4) is 0 Å². The van der Waals surface area contributed by atoms with E-state index in [4.69, 9.17) is 0 Å². The predicted octanol–water partition coefficient (Wildman–Crippen LogP) is 3.48. The van der Waals surface area contributed by atoms with Crippen molar-refractivity contribution in [2.24, 2.45) is 0 Å². The Morgan fingerprint density at radius 2 is 2.44 bits per heavy atom. The molecule has 0 spiro atoms. The Kier molecular flexibility index (Phi) is 4.74. The topological polar surface area (TPSA) is 12.0 Å². The van der Waals surface area contributed by atoms with E-state index >= 15 is 0 Å². The third-order valence-electron chi connectivity index (χ3n) is 2.88. The molecule has 0 bridgehead atoms. The number of rotatable bonds is 4. The predicted molar refractivity (Wildman–Crippen MR) is 76.2 cm³/mol. The molecule has 2 atom stereocenters. The van der Waals surface area contributed by atoms with Crippen LogP contribution in [-0.2, 0) is 6.42 Å². The number of nitrogens with one attached hydrogen (secondary N) is 1. The van der Waals surface area contributed by atoms with Gasteiger partial charge in [-0.05, 0) is 43.2 Å². The molecule has 2 rings (SSSR count). The maximum atomic E-state index is 3.71. The molecule has 1 nitrogen and oxygen atoms in total. The third kappa shape index (κ3) is 3.79. The van der Waals surface area contributed by atoms with E-state index in [0.29, 0.717) is 6.04 Å². The molecule has 1 aromatic carbocycles. The molecule has 2 unspecified atom stereocenters. The lowest BCUT2D eigenvalue weighted by Gasteiger charge is -2.18. The summed E-state index contributed by atoms with van der Waals surface area (Å²) in [5.41, 5.74) is 1.40. The Morgan fingerprint density at radius 1 is 1.56 bits per heavy atom. The summed E-state index contributed by atoms with van der Waals surface area (Å²) in [6.07, 6.45) is 2.44. The molecule has 0 aliphatic carbocycles. The summed E-state index contributed by atoms with van der Waals surface area (Å²) in [5.74, 6) is 2.60. The third-order valence-corrected chi connectivity index (χ3v) is 4.54. The molecule has 1 fully saturated rings. The molecule has 1 N–H and O–H groups in total. The summed E-state index contributed by atoms with van der Waals surface area (Å²) in [5, 5.41) is 3.71. The molecule has 0 radical (unpaired) electrons. The average Bonchev–Trinajstić information content (AvgIpc) is 2.70. The van der Waals surface area contributed by atoms with Crippen LogP contribution in [0, 0.1) is 0 Å². The highest BCUT2D eigenvalue weighted by Crippen LogP contribution is 2.18. The van der Waals surface area contributed by atoms with E-state index in [1.165, 1.54) is 28.0 Å². The molecule has 0 saturated carbocycles. The van der Waals surface area contributed by atoms with Crippen molar-refractivity contribution in [2.45, 2.75) is 31.8 Å². The largest absolute Gasteiger partial charge is 0.310 e. The summed E-state index contributed by atoms with van der Waals surface area (Å²) in [6.45, 7) is 2.28. The second-order valence-corrected chi connectivity index (χ2v) is 6.53. The number of hydrogen-bond donors (Lipinski definition) is 1. The van der Waals surface area contributed by atoms with Crippen LogP contribution < -0.4 is 5.32 Å². The first-order chi connectivity index (χ1) is 7.74. The first kappa shape index (κ1) is 12.5. The highest BCUT2D eigenvalue weighted by molar-refractivity contribution is 9.10. The lowest BCUT2D eigenvalue weighted by molar-refractivity contribution is 0.470. The average molecular weight is 300 g/mol. The van der Waals surface area contributed by atoms with Gasteiger partial charge in [-0.2, -0.15) is 11.8 Å². The quantitative estimate of drug-likeness (QED) is 0.913. The summed E-state index contributed by atoms with van der Waals surface area (Å²) in [4.78, 5) is 0. The van der Waals surface area contributed by atoms with E-state index in [9.17, 15) is 0 Å². The summed E-state index contributed by atoms with van der Waals surface area (Å²) in [6, 6.07) is 9.89. The van der Waals surface area contributed by atoms with Gasteiger partial charge in [-0.1, -0.05) is 28.1 Å². The fourth-order valence-electron chi connectivity index (χ4n) is 2.14. The smallest absolute Gasteiger partial charge is 0.0178 e. The lowest BCUT2D eigenvalue weighted by atomic mass is 10.1. The monoisotopic (exact) mass is 299 g/mol. The van der Waals surface area contributed by atoms with Crippen molar-refractivity contribution in [3.8, 4) is 0 Å². The second-order valence-electron chi connectivity index (χ2n) is 4.46. The maximum Gasteiger partial charge on any atom is 0.0178 e. The van der Waals surface area contributed by atoms with Crippen molar-refractivity contribution in [1.29, 1.82) is 0 Å². The van der Waals surface area contributed by atoms with Gasteiger partial charge in [0.1, 0.15) is 0 Å². The van der Waals surface area contributed by atoms with Crippen LogP contribution in [-0.4, -0.2) is 23.6 Å². The van der Waals surface area contributed by atoms with Gasteiger partial charge in [0.25, 0.3) is 0 Å². The van der Waals surface area contributed by atoms with Crippen LogP contribution in [0.4, 0.5) is 0 Å². The Morgan fingerprint density at radius 3 is 3.12 bits per heavy atom. The van der Waals surface area contributed by atoms with E-state index in [2.05, 4.69) is 64.2 Å². The Hall–Kier alpha value is 0.01000. The summed E-state index contributed by atoms with van der Waals surface area (Å²) in [7, 11) is 0. The minimum Gasteiger partial charge on any atom is -0.310 e. The Labute approximate surface area is 111 Å². The van der Waals surface area contributed by atoms with Gasteiger partial charge in [0.05, 0.1) is 0 Å². The lowest BCUT2D eigenvalue weighted by Crippen LogP contribution is -2.37. The summed E-state index contributed by atoms with van der Waals surface area (Å²) >= 11 is 5.58. The summed E-state index contributed by atoms with van der Waals surface area (Å²) < 4.78 is 1.17. The van der Waals surface area contributed by atoms with E-state index in [1.54, 1.807) is 0 Å². The van der Waals surface area contributed by atoms with Gasteiger partial charge < -0.3 is 5.32 Å². The van der Waals surface area contributed by atoms with Crippen molar-refractivity contribution >= 4 is 27.7 Å². The molecule has 1 aromatic rings. The Balaban J connectivity index is 1.84. The molecule has 0 amide bonds. The van der Waals surface area contributed by atoms with Crippen molar-refractivity contribution in [3.05, 3.63) is 34.3 Å². The number of hydrogen-bond acceptors (Lipinski definition) is 2. The second kappa shape index (κ2) is 6.08. The Bertz CT molecular complexity index is 336. The molecule has 1 heterocycles. The van der Waals surface area contributed by atoms with Gasteiger partial charge in [-0.25, -0.2) is 0 Å². The highest BCUT2D eigenvalue weighted by Gasteiger charge is 2.17. The zero-order valence-electron chi connectivity index (χ0n) is 9.58. The van der Waals surface area contributed by atoms with Gasteiger partial charge in [0.2, 0.25) is 0 Å². The van der Waals surface area contributed by atoms with Crippen LogP contribution in [0.15, 0.2) is 28.7 Å². The molecule has 0 aromatic heterocycles. The van der Waals surface area contributed by atoms with Gasteiger partial charge in [-0.15, -0.1) is 0 Å². The molecular formula is C13H18BrNS. The first-order valence-corrected chi connectivity index (χ1v) is 7.77. The first-order valence-electron chi connectivity index (χ1n) is 5.82. The molecule has 1 saturated heterocycles. The van der Waals surface area contributed by atoms with Crippen LogP contribution in [0.2, 0.25) is 0 Å². The van der Waals surface area contributed by atoms with Gasteiger partial charge in [0, 0.05) is 22.3 Å². The van der Waals surface area contributed by atoms with E-state index < -0.39 is 0 Å².